The van der Waals surface area contributed by atoms with Crippen LogP contribution in [0.4, 0.5) is 5.69 Å². The average molecular weight is 333 g/mol. The van der Waals surface area contributed by atoms with Gasteiger partial charge in [-0.1, -0.05) is 53.7 Å². The van der Waals surface area contributed by atoms with Gasteiger partial charge in [-0.2, -0.15) is 0 Å². The third kappa shape index (κ3) is 3.26. The second kappa shape index (κ2) is 6.81. The molecule has 0 saturated heterocycles. The quantitative estimate of drug-likeness (QED) is 0.779. The lowest BCUT2D eigenvalue weighted by Crippen LogP contribution is -2.34. The maximum atomic E-state index is 12.3. The number of benzene rings is 2. The van der Waals surface area contributed by atoms with Gasteiger partial charge in [0.25, 0.3) is 5.91 Å². The Morgan fingerprint density at radius 2 is 1.92 bits per heavy atom. The number of rotatable bonds is 5. The van der Waals surface area contributed by atoms with Crippen LogP contribution in [0.1, 0.15) is 16.1 Å². The van der Waals surface area contributed by atoms with Crippen molar-refractivity contribution < 1.29 is 9.32 Å². The maximum absolute atomic E-state index is 12.3. The van der Waals surface area contributed by atoms with E-state index in [1.54, 1.807) is 6.07 Å². The number of anilines is 1. The van der Waals surface area contributed by atoms with Crippen molar-refractivity contribution in [2.45, 2.75) is 6.42 Å². The first-order valence-corrected chi connectivity index (χ1v) is 8.44. The highest BCUT2D eigenvalue weighted by molar-refractivity contribution is 5.93. The van der Waals surface area contributed by atoms with E-state index < -0.39 is 0 Å². The van der Waals surface area contributed by atoms with E-state index in [0.29, 0.717) is 18.0 Å². The summed E-state index contributed by atoms with van der Waals surface area (Å²) in [5, 5.41) is 6.80. The van der Waals surface area contributed by atoms with Crippen LogP contribution in [0, 0.1) is 0 Å². The Hall–Kier alpha value is -3.08. The minimum Gasteiger partial charge on any atom is -0.369 e. The molecular weight excluding hydrogens is 314 g/mol. The molecule has 126 valence electrons. The Morgan fingerprint density at radius 3 is 2.80 bits per heavy atom. The van der Waals surface area contributed by atoms with Gasteiger partial charge < -0.3 is 14.7 Å². The molecule has 0 saturated carbocycles. The number of amides is 1. The second-order valence-corrected chi connectivity index (χ2v) is 6.06. The molecule has 1 amide bonds. The van der Waals surface area contributed by atoms with E-state index in [1.807, 2.05) is 30.3 Å². The first-order chi connectivity index (χ1) is 12.3. The van der Waals surface area contributed by atoms with E-state index in [0.717, 1.165) is 25.1 Å². The predicted molar refractivity (Wildman–Crippen MR) is 96.6 cm³/mol. The van der Waals surface area contributed by atoms with Gasteiger partial charge >= 0.3 is 0 Å². The third-order valence-corrected chi connectivity index (χ3v) is 4.45. The van der Waals surface area contributed by atoms with E-state index in [4.69, 9.17) is 4.52 Å². The summed E-state index contributed by atoms with van der Waals surface area (Å²) in [5.74, 6) is 0.387. The normalized spacial score (nSPS) is 12.9. The second-order valence-electron chi connectivity index (χ2n) is 6.06. The van der Waals surface area contributed by atoms with Crippen LogP contribution in [-0.2, 0) is 6.42 Å². The molecule has 0 radical (unpaired) electrons. The van der Waals surface area contributed by atoms with Gasteiger partial charge in [0, 0.05) is 37.0 Å². The molecule has 25 heavy (non-hydrogen) atoms. The van der Waals surface area contributed by atoms with Crippen LogP contribution in [0.2, 0.25) is 0 Å². The molecular formula is C20H19N3O2. The minimum atomic E-state index is -0.210. The summed E-state index contributed by atoms with van der Waals surface area (Å²) in [5.41, 5.74) is 3.85. The molecule has 2 aromatic carbocycles. The van der Waals surface area contributed by atoms with Crippen molar-refractivity contribution in [1.29, 1.82) is 0 Å². The van der Waals surface area contributed by atoms with Gasteiger partial charge in [-0.25, -0.2) is 0 Å². The van der Waals surface area contributed by atoms with Gasteiger partial charge in [0.05, 0.1) is 0 Å². The zero-order valence-corrected chi connectivity index (χ0v) is 13.8. The van der Waals surface area contributed by atoms with Gasteiger partial charge in [0.15, 0.2) is 11.5 Å². The molecule has 3 aromatic rings. The molecule has 1 N–H and O–H groups in total. The Labute approximate surface area is 146 Å². The molecule has 2 heterocycles. The fourth-order valence-corrected chi connectivity index (χ4v) is 3.15. The van der Waals surface area contributed by atoms with E-state index in [2.05, 4.69) is 39.6 Å². The summed E-state index contributed by atoms with van der Waals surface area (Å²) < 4.78 is 5.28. The number of para-hydroxylation sites is 1. The number of carbonyl (C=O) groups excluding carboxylic acids is 1. The van der Waals surface area contributed by atoms with Crippen LogP contribution in [0.15, 0.2) is 65.2 Å². The number of nitrogens with one attached hydrogen (secondary N) is 1. The number of carbonyl (C=O) groups is 1. The molecule has 5 nitrogen and oxygen atoms in total. The van der Waals surface area contributed by atoms with Gasteiger partial charge in [0.1, 0.15) is 0 Å². The lowest BCUT2D eigenvalue weighted by Gasteiger charge is -2.19. The summed E-state index contributed by atoms with van der Waals surface area (Å²) in [4.78, 5) is 14.6. The average Bonchev–Trinajstić information content (AvgIpc) is 3.30. The summed E-state index contributed by atoms with van der Waals surface area (Å²) in [6.45, 7) is 2.35. The summed E-state index contributed by atoms with van der Waals surface area (Å²) in [7, 11) is 0. The Kier molecular flexibility index (Phi) is 4.21. The van der Waals surface area contributed by atoms with E-state index in [9.17, 15) is 4.79 Å². The largest absolute Gasteiger partial charge is 0.369 e. The van der Waals surface area contributed by atoms with Crippen LogP contribution < -0.4 is 10.2 Å². The first-order valence-electron chi connectivity index (χ1n) is 8.44. The van der Waals surface area contributed by atoms with Crippen LogP contribution in [0.3, 0.4) is 0 Å². The van der Waals surface area contributed by atoms with Crippen molar-refractivity contribution in [3.05, 3.63) is 71.9 Å². The Bertz CT molecular complexity index is 873. The van der Waals surface area contributed by atoms with Gasteiger partial charge in [0.2, 0.25) is 0 Å². The van der Waals surface area contributed by atoms with Crippen molar-refractivity contribution in [3.8, 4) is 11.3 Å². The topological polar surface area (TPSA) is 58.4 Å². The molecule has 0 unspecified atom stereocenters. The molecule has 4 rings (SSSR count). The predicted octanol–water partition coefficient (Wildman–Crippen LogP) is 3.13. The van der Waals surface area contributed by atoms with Crippen LogP contribution >= 0.6 is 0 Å². The van der Waals surface area contributed by atoms with Crippen molar-refractivity contribution in [3.63, 3.8) is 0 Å². The van der Waals surface area contributed by atoms with Gasteiger partial charge in [-0.3, -0.25) is 4.79 Å². The summed E-state index contributed by atoms with van der Waals surface area (Å²) in [6.07, 6.45) is 1.06. The molecule has 0 atom stereocenters. The van der Waals surface area contributed by atoms with E-state index in [-0.39, 0.29) is 5.91 Å². The molecule has 0 spiro atoms. The number of fused-ring (bicyclic) bond motifs is 1. The van der Waals surface area contributed by atoms with E-state index in [1.165, 1.54) is 11.3 Å². The lowest BCUT2D eigenvalue weighted by atomic mass is 10.1. The minimum absolute atomic E-state index is 0.210. The van der Waals surface area contributed by atoms with E-state index >= 15 is 0 Å². The highest BCUT2D eigenvalue weighted by atomic mass is 16.5. The van der Waals surface area contributed by atoms with Gasteiger partial charge in [-0.15, -0.1) is 0 Å². The highest BCUT2D eigenvalue weighted by Crippen LogP contribution is 2.26. The third-order valence-electron chi connectivity index (χ3n) is 4.45. The van der Waals surface area contributed by atoms with Crippen molar-refractivity contribution in [1.82, 2.24) is 10.5 Å². The van der Waals surface area contributed by atoms with Crippen molar-refractivity contribution in [2.75, 3.05) is 24.5 Å². The number of hydrogen-bond donors (Lipinski definition) is 1. The molecule has 1 aliphatic heterocycles. The standard InChI is InChI=1S/C20H19N3O2/c24-20(17-14-19(25-22-17)16-7-2-1-3-8-16)21-11-13-23-12-10-15-6-4-5-9-18(15)23/h1-9,14H,10-13H2,(H,21,24). The molecule has 0 aliphatic carbocycles. The Balaban J connectivity index is 1.34. The zero-order chi connectivity index (χ0) is 17.1. The molecule has 1 aliphatic rings. The number of hydrogen-bond acceptors (Lipinski definition) is 4. The SMILES string of the molecule is O=C(NCCN1CCc2ccccc21)c1cc(-c2ccccc2)on1. The summed E-state index contributed by atoms with van der Waals surface area (Å²) >= 11 is 0. The van der Waals surface area contributed by atoms with Crippen LogP contribution in [-0.4, -0.2) is 30.7 Å². The maximum Gasteiger partial charge on any atom is 0.273 e. The van der Waals surface area contributed by atoms with Crippen LogP contribution in [0.25, 0.3) is 11.3 Å². The van der Waals surface area contributed by atoms with Crippen molar-refractivity contribution >= 4 is 11.6 Å². The summed E-state index contributed by atoms with van der Waals surface area (Å²) in [6, 6.07) is 19.7. The van der Waals surface area contributed by atoms with Crippen molar-refractivity contribution in [2.24, 2.45) is 0 Å². The zero-order valence-electron chi connectivity index (χ0n) is 13.8. The molecule has 0 fully saturated rings. The number of aromatic nitrogens is 1. The highest BCUT2D eigenvalue weighted by Gasteiger charge is 2.18. The molecule has 1 aromatic heterocycles. The Morgan fingerprint density at radius 1 is 1.12 bits per heavy atom. The van der Waals surface area contributed by atoms with Gasteiger partial charge in [-0.05, 0) is 18.1 Å². The fourth-order valence-electron chi connectivity index (χ4n) is 3.15. The molecule has 5 heteroatoms. The number of nitrogens with zero attached hydrogens (tertiary/aromatic N) is 2. The first kappa shape index (κ1) is 15.4. The van der Waals surface area contributed by atoms with Crippen LogP contribution in [0.5, 0.6) is 0 Å². The smallest absolute Gasteiger partial charge is 0.273 e. The lowest BCUT2D eigenvalue weighted by molar-refractivity contribution is 0.0945. The molecule has 0 bridgehead atoms. The fraction of sp³-hybridized carbons (Fsp3) is 0.200. The monoisotopic (exact) mass is 333 g/mol.